The Morgan fingerprint density at radius 3 is 2.83 bits per heavy atom. The van der Waals surface area contributed by atoms with Gasteiger partial charge in [-0.05, 0) is 17.7 Å². The molecule has 1 N–H and O–H groups in total. The summed E-state index contributed by atoms with van der Waals surface area (Å²) in [6.07, 6.45) is 0.182. The third-order valence-corrected chi connectivity index (χ3v) is 2.57. The zero-order valence-corrected chi connectivity index (χ0v) is 10.1. The number of hydrogen-bond donors (Lipinski definition) is 1. The van der Waals surface area contributed by atoms with Gasteiger partial charge in [-0.2, -0.15) is 8.78 Å². The number of benzene rings is 1. The van der Waals surface area contributed by atoms with Gasteiger partial charge in [0.25, 0.3) is 0 Å². The van der Waals surface area contributed by atoms with Crippen LogP contribution in [0.3, 0.4) is 0 Å². The van der Waals surface area contributed by atoms with Crippen LogP contribution in [0.5, 0.6) is 0 Å². The molecule has 1 heterocycles. The maximum absolute atomic E-state index is 12.2. The number of fused-ring (bicyclic) bond motifs is 1. The summed E-state index contributed by atoms with van der Waals surface area (Å²) in [6, 6.07) is 7.07. The van der Waals surface area contributed by atoms with Crippen LogP contribution in [0.1, 0.15) is 11.3 Å². The molecule has 0 saturated carbocycles. The summed E-state index contributed by atoms with van der Waals surface area (Å²) in [5.41, 5.74) is -2.43. The minimum absolute atomic E-state index is 0.138. The first kappa shape index (κ1) is 13.3. The molecule has 0 atom stereocenters. The van der Waals surface area contributed by atoms with Crippen molar-refractivity contribution in [3.63, 3.8) is 0 Å². The first-order valence-electron chi connectivity index (χ1n) is 5.31. The van der Waals surface area contributed by atoms with Gasteiger partial charge in [-0.25, -0.2) is 0 Å². The monoisotopic (exact) mass is 276 g/mol. The van der Waals surface area contributed by atoms with E-state index in [1.54, 1.807) is 18.2 Å². The highest BCUT2D eigenvalue weighted by Gasteiger charge is 2.25. The van der Waals surface area contributed by atoms with Crippen LogP contribution >= 0.6 is 11.6 Å². The van der Waals surface area contributed by atoms with E-state index in [4.69, 9.17) is 9.52 Å². The van der Waals surface area contributed by atoms with Crippen molar-refractivity contribution in [3.8, 4) is 0 Å². The van der Waals surface area contributed by atoms with E-state index in [2.05, 4.69) is 16.3 Å². The van der Waals surface area contributed by atoms with Gasteiger partial charge in [0.2, 0.25) is 0 Å². The van der Waals surface area contributed by atoms with Crippen LogP contribution in [0.15, 0.2) is 28.7 Å². The molecule has 3 nitrogen and oxygen atoms in total. The Hall–Kier alpha value is -1.17. The zero-order chi connectivity index (χ0) is 13.2. The van der Waals surface area contributed by atoms with Gasteiger partial charge in [-0.1, -0.05) is 18.2 Å². The lowest BCUT2D eigenvalue weighted by Gasteiger charge is -2.07. The minimum Gasteiger partial charge on any atom is -0.461 e. The summed E-state index contributed by atoms with van der Waals surface area (Å²) in [4.78, 5) is 0. The van der Waals surface area contributed by atoms with Crippen molar-refractivity contribution in [2.75, 3.05) is 6.61 Å². The van der Waals surface area contributed by atoms with Crippen molar-refractivity contribution < 1.29 is 23.0 Å². The molecular weight excluding hydrogens is 266 g/mol. The third kappa shape index (κ3) is 3.19. The fourth-order valence-electron chi connectivity index (χ4n) is 1.69. The number of rotatable bonds is 5. The SMILES string of the molecule is OCc1cccc2cc(CCOC(F)(F)Cl)oc12. The molecule has 2 aromatic rings. The number of halogens is 3. The van der Waals surface area contributed by atoms with Gasteiger partial charge in [0.1, 0.15) is 11.3 Å². The molecule has 0 unspecified atom stereocenters. The highest BCUT2D eigenvalue weighted by atomic mass is 35.5. The second-order valence-electron chi connectivity index (χ2n) is 3.75. The van der Waals surface area contributed by atoms with Gasteiger partial charge >= 0.3 is 5.57 Å². The van der Waals surface area contributed by atoms with E-state index in [-0.39, 0.29) is 19.6 Å². The van der Waals surface area contributed by atoms with Crippen molar-refractivity contribution in [2.45, 2.75) is 18.6 Å². The smallest absolute Gasteiger partial charge is 0.440 e. The summed E-state index contributed by atoms with van der Waals surface area (Å²) in [5.74, 6) is 0.506. The average molecular weight is 277 g/mol. The van der Waals surface area contributed by atoms with Gasteiger partial charge in [0.05, 0.1) is 13.2 Å². The molecule has 18 heavy (non-hydrogen) atoms. The van der Waals surface area contributed by atoms with E-state index in [1.165, 1.54) is 0 Å². The fourth-order valence-corrected chi connectivity index (χ4v) is 1.77. The Morgan fingerprint density at radius 2 is 2.17 bits per heavy atom. The van der Waals surface area contributed by atoms with Crippen LogP contribution < -0.4 is 0 Å². The normalized spacial score (nSPS) is 12.2. The maximum Gasteiger partial charge on any atom is 0.440 e. The van der Waals surface area contributed by atoms with Gasteiger partial charge in [-0.3, -0.25) is 0 Å². The number of ether oxygens (including phenoxy) is 1. The zero-order valence-electron chi connectivity index (χ0n) is 9.33. The van der Waals surface area contributed by atoms with Gasteiger partial charge in [0, 0.05) is 17.4 Å². The van der Waals surface area contributed by atoms with E-state index < -0.39 is 5.57 Å². The van der Waals surface area contributed by atoms with E-state index in [9.17, 15) is 8.78 Å². The molecule has 0 spiro atoms. The largest absolute Gasteiger partial charge is 0.461 e. The second kappa shape index (κ2) is 5.22. The molecule has 0 bridgehead atoms. The molecule has 0 aliphatic heterocycles. The molecule has 0 aliphatic carbocycles. The third-order valence-electron chi connectivity index (χ3n) is 2.46. The molecule has 1 aromatic carbocycles. The van der Waals surface area contributed by atoms with Gasteiger partial charge in [-0.15, -0.1) is 0 Å². The number of aliphatic hydroxyl groups is 1. The molecule has 0 fully saturated rings. The van der Waals surface area contributed by atoms with Crippen molar-refractivity contribution in [1.29, 1.82) is 0 Å². The summed E-state index contributed by atoms with van der Waals surface area (Å²) in [6.45, 7) is -0.384. The lowest BCUT2D eigenvalue weighted by molar-refractivity contribution is -0.169. The molecule has 98 valence electrons. The molecule has 0 radical (unpaired) electrons. The van der Waals surface area contributed by atoms with Crippen LogP contribution in [0, 0.1) is 0 Å². The Morgan fingerprint density at radius 1 is 1.39 bits per heavy atom. The van der Waals surface area contributed by atoms with Gasteiger partial charge < -0.3 is 14.3 Å². The highest BCUT2D eigenvalue weighted by molar-refractivity contribution is 6.20. The topological polar surface area (TPSA) is 42.6 Å². The number of aliphatic hydroxyl groups excluding tert-OH is 1. The highest BCUT2D eigenvalue weighted by Crippen LogP contribution is 2.25. The van der Waals surface area contributed by atoms with E-state index in [0.29, 0.717) is 16.9 Å². The summed E-state index contributed by atoms with van der Waals surface area (Å²) >= 11 is 4.61. The second-order valence-corrected chi connectivity index (χ2v) is 4.19. The van der Waals surface area contributed by atoms with Crippen LogP contribution in [0.2, 0.25) is 0 Å². The Bertz CT molecular complexity index is 534. The van der Waals surface area contributed by atoms with E-state index >= 15 is 0 Å². The summed E-state index contributed by atoms with van der Waals surface area (Å²) < 4.78 is 34.0. The Kier molecular flexibility index (Phi) is 3.85. The molecule has 0 amide bonds. The van der Waals surface area contributed by atoms with E-state index in [1.807, 2.05) is 6.07 Å². The molecule has 6 heteroatoms. The predicted molar refractivity (Wildman–Crippen MR) is 62.6 cm³/mol. The van der Waals surface area contributed by atoms with Crippen LogP contribution in [0.25, 0.3) is 11.0 Å². The summed E-state index contributed by atoms with van der Waals surface area (Å²) in [5, 5.41) is 9.94. The first-order chi connectivity index (χ1) is 8.49. The van der Waals surface area contributed by atoms with Crippen LogP contribution in [-0.4, -0.2) is 17.3 Å². The average Bonchev–Trinajstić information content (AvgIpc) is 2.69. The predicted octanol–water partition coefficient (Wildman–Crippen LogP) is 3.27. The molecular formula is C12H11ClF2O3. The lowest BCUT2D eigenvalue weighted by Crippen LogP contribution is -2.13. The number of hydrogen-bond acceptors (Lipinski definition) is 3. The quantitative estimate of drug-likeness (QED) is 0.852. The number of furan rings is 1. The number of para-hydroxylation sites is 1. The minimum atomic E-state index is -3.65. The molecule has 2 rings (SSSR count). The van der Waals surface area contributed by atoms with Crippen molar-refractivity contribution in [1.82, 2.24) is 0 Å². The van der Waals surface area contributed by atoms with Crippen LogP contribution in [-0.2, 0) is 17.8 Å². The van der Waals surface area contributed by atoms with Crippen molar-refractivity contribution in [3.05, 3.63) is 35.6 Å². The Labute approximate surface area is 107 Å². The molecule has 1 aromatic heterocycles. The van der Waals surface area contributed by atoms with Gasteiger partial charge in [0.15, 0.2) is 0 Å². The van der Waals surface area contributed by atoms with E-state index in [0.717, 1.165) is 5.39 Å². The number of alkyl halides is 3. The first-order valence-corrected chi connectivity index (χ1v) is 5.69. The fraction of sp³-hybridized carbons (Fsp3) is 0.333. The van der Waals surface area contributed by atoms with Crippen molar-refractivity contribution >= 4 is 22.6 Å². The standard InChI is InChI=1S/C12H11ClF2O3/c13-12(14,15)17-5-4-10-6-8-2-1-3-9(7-16)11(8)18-10/h1-3,6,16H,4-5,7H2. The van der Waals surface area contributed by atoms with Crippen molar-refractivity contribution in [2.24, 2.45) is 0 Å². The maximum atomic E-state index is 12.2. The van der Waals surface area contributed by atoms with Crippen LogP contribution in [0.4, 0.5) is 8.78 Å². The molecule has 0 saturated heterocycles. The lowest BCUT2D eigenvalue weighted by atomic mass is 10.1. The summed E-state index contributed by atoms with van der Waals surface area (Å²) in [7, 11) is 0. The Balaban J connectivity index is 2.11. The molecule has 0 aliphatic rings.